The second kappa shape index (κ2) is 5.16. The predicted molar refractivity (Wildman–Crippen MR) is 79.1 cm³/mol. The van der Waals surface area contributed by atoms with Gasteiger partial charge in [-0.3, -0.25) is 5.41 Å². The van der Waals surface area contributed by atoms with E-state index in [1.807, 2.05) is 24.3 Å². The second-order valence-electron chi connectivity index (χ2n) is 5.09. The molecular weight excluding hydrogens is 272 g/mol. The van der Waals surface area contributed by atoms with Crippen molar-refractivity contribution < 1.29 is 8.78 Å². The number of nitrogen functional groups attached to an aromatic ring is 1. The number of fused-ring (bicyclic) bond motifs is 1. The number of halogens is 2. The standard InChI is InChI=1S/C16H15F2N3/c17-12-8-11(16(19)20)9-13(18)15(12)21-7-3-5-10-4-1-2-6-14(10)21/h1-2,4,6,8-9H,3,5,7H2,(H3,19,20). The molecule has 0 saturated carbocycles. The van der Waals surface area contributed by atoms with Crippen molar-refractivity contribution in [1.82, 2.24) is 0 Å². The third kappa shape index (κ3) is 2.35. The summed E-state index contributed by atoms with van der Waals surface area (Å²) in [5, 5.41) is 7.29. The minimum absolute atomic E-state index is 0.0547. The third-order valence-corrected chi connectivity index (χ3v) is 3.71. The zero-order valence-electron chi connectivity index (χ0n) is 11.4. The van der Waals surface area contributed by atoms with Crippen LogP contribution in [0.15, 0.2) is 36.4 Å². The Hall–Kier alpha value is -2.43. The molecule has 0 aromatic heterocycles. The zero-order valence-corrected chi connectivity index (χ0v) is 11.4. The maximum absolute atomic E-state index is 14.3. The van der Waals surface area contributed by atoms with Crippen molar-refractivity contribution in [3.63, 3.8) is 0 Å². The summed E-state index contributed by atoms with van der Waals surface area (Å²) >= 11 is 0. The van der Waals surface area contributed by atoms with Crippen LogP contribution in [-0.2, 0) is 6.42 Å². The smallest absolute Gasteiger partial charge is 0.150 e. The van der Waals surface area contributed by atoms with Gasteiger partial charge in [-0.25, -0.2) is 8.78 Å². The summed E-state index contributed by atoms with van der Waals surface area (Å²) in [5.74, 6) is -1.74. The summed E-state index contributed by atoms with van der Waals surface area (Å²) in [6.07, 6.45) is 1.74. The van der Waals surface area contributed by atoms with E-state index in [0.717, 1.165) is 36.2 Å². The average Bonchev–Trinajstić information content (AvgIpc) is 2.46. The Morgan fingerprint density at radius 1 is 1.14 bits per heavy atom. The average molecular weight is 287 g/mol. The van der Waals surface area contributed by atoms with Gasteiger partial charge in [-0.1, -0.05) is 18.2 Å². The number of anilines is 2. The van der Waals surface area contributed by atoms with Gasteiger partial charge in [0.2, 0.25) is 0 Å². The fraction of sp³-hybridized carbons (Fsp3) is 0.188. The first-order chi connectivity index (χ1) is 10.1. The Bertz CT molecular complexity index is 689. The van der Waals surface area contributed by atoms with Crippen LogP contribution in [0.25, 0.3) is 0 Å². The molecule has 3 nitrogen and oxygen atoms in total. The molecule has 21 heavy (non-hydrogen) atoms. The minimum atomic E-state index is -0.697. The maximum Gasteiger partial charge on any atom is 0.150 e. The molecular formula is C16H15F2N3. The van der Waals surface area contributed by atoms with E-state index in [1.165, 1.54) is 0 Å². The molecule has 5 heteroatoms. The molecule has 2 aromatic rings. The lowest BCUT2D eigenvalue weighted by Crippen LogP contribution is -2.26. The van der Waals surface area contributed by atoms with Crippen LogP contribution in [-0.4, -0.2) is 12.4 Å². The Kier molecular flexibility index (Phi) is 3.33. The SMILES string of the molecule is N=C(N)c1cc(F)c(N2CCCc3ccccc32)c(F)c1. The Morgan fingerprint density at radius 2 is 1.81 bits per heavy atom. The molecule has 0 saturated heterocycles. The molecule has 0 radical (unpaired) electrons. The van der Waals surface area contributed by atoms with Crippen LogP contribution in [0.3, 0.4) is 0 Å². The lowest BCUT2D eigenvalue weighted by atomic mass is 10.0. The van der Waals surface area contributed by atoms with E-state index in [1.54, 1.807) is 4.90 Å². The first-order valence-corrected chi connectivity index (χ1v) is 6.77. The topological polar surface area (TPSA) is 53.1 Å². The van der Waals surface area contributed by atoms with Gasteiger partial charge in [-0.2, -0.15) is 0 Å². The van der Waals surface area contributed by atoms with Crippen LogP contribution < -0.4 is 10.6 Å². The van der Waals surface area contributed by atoms with Crippen LogP contribution >= 0.6 is 0 Å². The number of hydrogen-bond acceptors (Lipinski definition) is 2. The second-order valence-corrected chi connectivity index (χ2v) is 5.09. The fourth-order valence-corrected chi connectivity index (χ4v) is 2.74. The van der Waals surface area contributed by atoms with Crippen molar-refractivity contribution in [3.05, 3.63) is 59.2 Å². The van der Waals surface area contributed by atoms with Crippen molar-refractivity contribution in [2.75, 3.05) is 11.4 Å². The van der Waals surface area contributed by atoms with Gasteiger partial charge in [-0.05, 0) is 36.6 Å². The number of amidine groups is 1. The van der Waals surface area contributed by atoms with E-state index in [9.17, 15) is 8.78 Å². The first kappa shape index (κ1) is 13.5. The van der Waals surface area contributed by atoms with Crippen LogP contribution in [0.1, 0.15) is 17.5 Å². The molecule has 0 amide bonds. The van der Waals surface area contributed by atoms with E-state index in [0.29, 0.717) is 6.54 Å². The Balaban J connectivity index is 2.12. The molecule has 108 valence electrons. The highest BCUT2D eigenvalue weighted by Crippen LogP contribution is 2.36. The highest BCUT2D eigenvalue weighted by molar-refractivity contribution is 5.95. The lowest BCUT2D eigenvalue weighted by molar-refractivity contribution is 0.575. The van der Waals surface area contributed by atoms with Gasteiger partial charge in [-0.15, -0.1) is 0 Å². The molecule has 0 unspecified atom stereocenters. The molecule has 3 rings (SSSR count). The molecule has 0 spiro atoms. The van der Waals surface area contributed by atoms with Gasteiger partial charge in [0.15, 0.2) is 11.6 Å². The zero-order chi connectivity index (χ0) is 15.0. The number of benzene rings is 2. The van der Waals surface area contributed by atoms with Crippen LogP contribution in [0, 0.1) is 17.0 Å². The molecule has 1 aliphatic rings. The van der Waals surface area contributed by atoms with Crippen molar-refractivity contribution >= 4 is 17.2 Å². The number of hydrogen-bond donors (Lipinski definition) is 2. The molecule has 0 fully saturated rings. The van der Waals surface area contributed by atoms with Crippen molar-refractivity contribution in [2.45, 2.75) is 12.8 Å². The van der Waals surface area contributed by atoms with Crippen LogP contribution in [0.2, 0.25) is 0 Å². The van der Waals surface area contributed by atoms with Crippen LogP contribution in [0.4, 0.5) is 20.2 Å². The van der Waals surface area contributed by atoms with E-state index in [-0.39, 0.29) is 17.1 Å². The number of nitrogens with zero attached hydrogens (tertiary/aromatic N) is 1. The van der Waals surface area contributed by atoms with Crippen molar-refractivity contribution in [3.8, 4) is 0 Å². The molecule has 2 aromatic carbocycles. The van der Waals surface area contributed by atoms with Crippen molar-refractivity contribution in [1.29, 1.82) is 5.41 Å². The quantitative estimate of drug-likeness (QED) is 0.657. The maximum atomic E-state index is 14.3. The number of rotatable bonds is 2. The van der Waals surface area contributed by atoms with Gasteiger partial charge < -0.3 is 10.6 Å². The van der Waals surface area contributed by atoms with E-state index >= 15 is 0 Å². The number of nitrogens with two attached hydrogens (primary N) is 1. The third-order valence-electron chi connectivity index (χ3n) is 3.71. The summed E-state index contributed by atoms with van der Waals surface area (Å²) in [7, 11) is 0. The van der Waals surface area contributed by atoms with Gasteiger partial charge in [0.05, 0.1) is 0 Å². The molecule has 3 N–H and O–H groups in total. The molecule has 1 heterocycles. The lowest BCUT2D eigenvalue weighted by Gasteiger charge is -2.31. The molecule has 0 aliphatic carbocycles. The van der Waals surface area contributed by atoms with Gasteiger partial charge in [0, 0.05) is 17.8 Å². The van der Waals surface area contributed by atoms with Crippen LogP contribution in [0.5, 0.6) is 0 Å². The number of nitrogens with one attached hydrogen (secondary N) is 1. The summed E-state index contributed by atoms with van der Waals surface area (Å²) in [6, 6.07) is 9.84. The fourth-order valence-electron chi connectivity index (χ4n) is 2.74. The molecule has 1 aliphatic heterocycles. The number of para-hydroxylation sites is 1. The normalized spacial score (nSPS) is 13.9. The summed E-state index contributed by atoms with van der Waals surface area (Å²) in [4.78, 5) is 1.66. The highest BCUT2D eigenvalue weighted by Gasteiger charge is 2.24. The Morgan fingerprint density at radius 3 is 2.48 bits per heavy atom. The predicted octanol–water partition coefficient (Wildman–Crippen LogP) is 3.33. The molecule has 0 atom stereocenters. The van der Waals surface area contributed by atoms with E-state index in [4.69, 9.17) is 11.1 Å². The molecule has 0 bridgehead atoms. The summed E-state index contributed by atoms with van der Waals surface area (Å²) in [6.45, 7) is 0.560. The van der Waals surface area contributed by atoms with Gasteiger partial charge in [0.1, 0.15) is 11.5 Å². The highest BCUT2D eigenvalue weighted by atomic mass is 19.1. The van der Waals surface area contributed by atoms with Gasteiger partial charge in [0.25, 0.3) is 0 Å². The minimum Gasteiger partial charge on any atom is -0.384 e. The van der Waals surface area contributed by atoms with Crippen molar-refractivity contribution in [2.24, 2.45) is 5.73 Å². The monoisotopic (exact) mass is 287 g/mol. The Labute approximate surface area is 121 Å². The largest absolute Gasteiger partial charge is 0.384 e. The van der Waals surface area contributed by atoms with Gasteiger partial charge >= 0.3 is 0 Å². The summed E-state index contributed by atoms with van der Waals surface area (Å²) < 4.78 is 28.6. The van der Waals surface area contributed by atoms with E-state index in [2.05, 4.69) is 0 Å². The van der Waals surface area contributed by atoms with E-state index < -0.39 is 11.6 Å². The first-order valence-electron chi connectivity index (χ1n) is 6.77. The summed E-state index contributed by atoms with van der Waals surface area (Å²) in [5.41, 5.74) is 7.18. The number of aryl methyl sites for hydroxylation is 1.